The molecule has 4 aromatic rings. The average Bonchev–Trinajstić information content (AvgIpc) is 3.67. The fourth-order valence-corrected chi connectivity index (χ4v) is 5.37. The van der Waals surface area contributed by atoms with Crippen molar-refractivity contribution in [1.29, 1.82) is 5.26 Å². The van der Waals surface area contributed by atoms with Gasteiger partial charge in [0.15, 0.2) is 5.58 Å². The zero-order valence-corrected chi connectivity index (χ0v) is 22.3. The Labute approximate surface area is 232 Å². The second-order valence-corrected chi connectivity index (χ2v) is 10.2. The number of nitriles is 1. The number of carbonyl (C=O) groups is 1. The van der Waals surface area contributed by atoms with Crippen LogP contribution in [-0.2, 0) is 4.74 Å². The summed E-state index contributed by atoms with van der Waals surface area (Å²) in [6, 6.07) is 17.7. The lowest BCUT2D eigenvalue weighted by Crippen LogP contribution is -2.36. The highest BCUT2D eigenvalue weighted by molar-refractivity contribution is 5.97. The minimum Gasteiger partial charge on any atom is -0.496 e. The number of ether oxygens (including phenoxy) is 2. The molecule has 6 rings (SSSR count). The van der Waals surface area contributed by atoms with Crippen molar-refractivity contribution in [3.05, 3.63) is 65.9 Å². The van der Waals surface area contributed by atoms with Crippen molar-refractivity contribution in [2.75, 3.05) is 38.7 Å². The number of fused-ring (bicyclic) bond motifs is 1. The van der Waals surface area contributed by atoms with Crippen LogP contribution in [0.3, 0.4) is 0 Å². The molecule has 0 bridgehead atoms. The summed E-state index contributed by atoms with van der Waals surface area (Å²) in [7, 11) is 1.58. The maximum Gasteiger partial charge on any atom is 0.251 e. The second kappa shape index (κ2) is 11.4. The smallest absolute Gasteiger partial charge is 0.251 e. The Morgan fingerprint density at radius 1 is 1.07 bits per heavy atom. The monoisotopic (exact) mass is 537 g/mol. The number of carbonyl (C=O) groups excluding carboxylic acids is 1. The van der Waals surface area contributed by atoms with E-state index in [1.54, 1.807) is 25.4 Å². The van der Waals surface area contributed by atoms with Crippen LogP contribution in [-0.4, -0.2) is 56.4 Å². The molecule has 40 heavy (non-hydrogen) atoms. The predicted molar refractivity (Wildman–Crippen MR) is 152 cm³/mol. The Kier molecular flexibility index (Phi) is 7.36. The molecule has 2 aromatic heterocycles. The highest BCUT2D eigenvalue weighted by Crippen LogP contribution is 2.38. The lowest BCUT2D eigenvalue weighted by Gasteiger charge is -2.24. The van der Waals surface area contributed by atoms with Crippen molar-refractivity contribution in [2.24, 2.45) is 0 Å². The third kappa shape index (κ3) is 5.24. The third-order valence-electron chi connectivity index (χ3n) is 7.57. The van der Waals surface area contributed by atoms with Crippen molar-refractivity contribution in [2.45, 2.75) is 31.3 Å². The summed E-state index contributed by atoms with van der Waals surface area (Å²) in [4.78, 5) is 17.3. The number of hydrogen-bond donors (Lipinski definition) is 3. The van der Waals surface area contributed by atoms with E-state index in [1.807, 2.05) is 36.4 Å². The summed E-state index contributed by atoms with van der Waals surface area (Å²) in [5.74, 6) is 0.986. The Morgan fingerprint density at radius 2 is 1.95 bits per heavy atom. The largest absolute Gasteiger partial charge is 0.496 e. The van der Waals surface area contributed by atoms with Gasteiger partial charge >= 0.3 is 0 Å². The van der Waals surface area contributed by atoms with Gasteiger partial charge in [-0.25, -0.2) is 0 Å². The number of amides is 1. The molecule has 0 saturated carbocycles. The summed E-state index contributed by atoms with van der Waals surface area (Å²) in [5, 5.41) is 19.7. The maximum atomic E-state index is 12.8. The maximum absolute atomic E-state index is 12.8. The van der Waals surface area contributed by atoms with Crippen molar-refractivity contribution >= 4 is 22.7 Å². The van der Waals surface area contributed by atoms with E-state index < -0.39 is 0 Å². The molecule has 0 aliphatic carbocycles. The summed E-state index contributed by atoms with van der Waals surface area (Å²) in [6.07, 6.45) is 4.49. The average molecular weight is 538 g/mol. The first-order valence-corrected chi connectivity index (χ1v) is 13.6. The fourth-order valence-electron chi connectivity index (χ4n) is 5.37. The van der Waals surface area contributed by atoms with Crippen LogP contribution < -0.4 is 20.7 Å². The van der Waals surface area contributed by atoms with Gasteiger partial charge in [-0.05, 0) is 67.8 Å². The summed E-state index contributed by atoms with van der Waals surface area (Å²) < 4.78 is 17.5. The van der Waals surface area contributed by atoms with Gasteiger partial charge in [-0.2, -0.15) is 5.26 Å². The zero-order chi connectivity index (χ0) is 27.5. The molecule has 2 saturated heterocycles. The lowest BCUT2D eigenvalue weighted by atomic mass is 10.0. The van der Waals surface area contributed by atoms with Crippen LogP contribution in [0.15, 0.2) is 59.1 Å². The Bertz CT molecular complexity index is 1580. The molecular formula is C31H31N5O4. The van der Waals surface area contributed by atoms with Crippen molar-refractivity contribution in [3.8, 4) is 34.3 Å². The van der Waals surface area contributed by atoms with Gasteiger partial charge in [0.1, 0.15) is 23.1 Å². The van der Waals surface area contributed by atoms with E-state index in [0.29, 0.717) is 39.8 Å². The molecule has 0 radical (unpaired) electrons. The van der Waals surface area contributed by atoms with Gasteiger partial charge in [-0.1, -0.05) is 6.07 Å². The van der Waals surface area contributed by atoms with Crippen molar-refractivity contribution < 1.29 is 18.7 Å². The van der Waals surface area contributed by atoms with Crippen LogP contribution in [0, 0.1) is 11.3 Å². The molecule has 9 nitrogen and oxygen atoms in total. The number of nitrogens with zero attached hydrogens (tertiary/aromatic N) is 2. The molecule has 2 aliphatic rings. The molecule has 0 spiro atoms. The van der Waals surface area contributed by atoms with Crippen LogP contribution in [0.1, 0.15) is 35.2 Å². The first kappa shape index (κ1) is 25.9. The predicted octanol–water partition coefficient (Wildman–Crippen LogP) is 4.72. The van der Waals surface area contributed by atoms with Crippen LogP contribution in [0.2, 0.25) is 0 Å². The van der Waals surface area contributed by atoms with Gasteiger partial charge < -0.3 is 29.8 Å². The number of aromatic nitrogens is 1. The molecule has 2 aromatic carbocycles. The first-order chi connectivity index (χ1) is 19.6. The Hall–Kier alpha value is -4.39. The molecule has 1 amide bonds. The minimum atomic E-state index is -0.129. The molecule has 4 heterocycles. The fraction of sp³-hybridized carbons (Fsp3) is 0.323. The number of benzene rings is 2. The molecule has 1 atom stereocenters. The number of hydrogen-bond acceptors (Lipinski definition) is 8. The van der Waals surface area contributed by atoms with Gasteiger partial charge in [-0.3, -0.25) is 9.78 Å². The standard InChI is InChI=1S/C31H31N5O4/c1-38-28-15-20(31(37)36-23-6-10-33-18-23)2-4-25(28)29-16-27-30(40-29)24(7-11-34-27)19-3-5-26(21(14-19)17-32)35-22-8-12-39-13-9-22/h2-5,7,11,14-16,22-23,33,35H,6,8-10,12-13,18H2,1H3,(H,36,37). The molecule has 3 N–H and O–H groups in total. The molecule has 2 fully saturated rings. The van der Waals surface area contributed by atoms with Gasteiger partial charge in [0.25, 0.3) is 5.91 Å². The zero-order valence-electron chi connectivity index (χ0n) is 22.3. The lowest BCUT2D eigenvalue weighted by molar-refractivity contribution is 0.0904. The highest BCUT2D eigenvalue weighted by atomic mass is 16.5. The van der Waals surface area contributed by atoms with Gasteiger partial charge in [-0.15, -0.1) is 0 Å². The number of nitrogens with one attached hydrogen (secondary N) is 3. The van der Waals surface area contributed by atoms with Gasteiger partial charge in [0, 0.05) is 55.2 Å². The Balaban J connectivity index is 1.30. The number of furan rings is 1. The molecule has 1 unspecified atom stereocenters. The van der Waals surface area contributed by atoms with Gasteiger partial charge in [0.05, 0.1) is 23.9 Å². The third-order valence-corrected chi connectivity index (χ3v) is 7.57. The van der Waals surface area contributed by atoms with E-state index >= 15 is 0 Å². The quantitative estimate of drug-likeness (QED) is 0.310. The van der Waals surface area contributed by atoms with E-state index in [0.717, 1.165) is 67.9 Å². The van der Waals surface area contributed by atoms with Crippen LogP contribution in [0.4, 0.5) is 5.69 Å². The molecule has 2 aliphatic heterocycles. The van der Waals surface area contributed by atoms with Crippen molar-refractivity contribution in [1.82, 2.24) is 15.6 Å². The van der Waals surface area contributed by atoms with E-state index in [2.05, 4.69) is 27.0 Å². The van der Waals surface area contributed by atoms with E-state index in [-0.39, 0.29) is 11.9 Å². The van der Waals surface area contributed by atoms with E-state index in [1.165, 1.54) is 0 Å². The van der Waals surface area contributed by atoms with Crippen LogP contribution in [0.5, 0.6) is 5.75 Å². The number of methoxy groups -OCH3 is 1. The molecular weight excluding hydrogens is 506 g/mol. The number of pyridine rings is 1. The summed E-state index contributed by atoms with van der Waals surface area (Å²) in [6.45, 7) is 3.14. The van der Waals surface area contributed by atoms with Crippen molar-refractivity contribution in [3.63, 3.8) is 0 Å². The van der Waals surface area contributed by atoms with E-state index in [4.69, 9.17) is 13.9 Å². The SMILES string of the molecule is COc1cc(C(=O)NC2CCNC2)ccc1-c1cc2nccc(-c3ccc(NC4CCOCC4)c(C#N)c3)c2o1. The highest BCUT2D eigenvalue weighted by Gasteiger charge is 2.21. The second-order valence-electron chi connectivity index (χ2n) is 10.2. The topological polar surface area (TPSA) is 121 Å². The summed E-state index contributed by atoms with van der Waals surface area (Å²) >= 11 is 0. The normalized spacial score (nSPS) is 17.4. The first-order valence-electron chi connectivity index (χ1n) is 13.6. The molecule has 9 heteroatoms. The van der Waals surface area contributed by atoms with Crippen LogP contribution in [0.25, 0.3) is 33.6 Å². The van der Waals surface area contributed by atoms with E-state index in [9.17, 15) is 10.1 Å². The van der Waals surface area contributed by atoms with Crippen LogP contribution >= 0.6 is 0 Å². The molecule has 204 valence electrons. The number of anilines is 1. The minimum absolute atomic E-state index is 0.129. The number of rotatable bonds is 7. The Morgan fingerprint density at radius 3 is 2.73 bits per heavy atom. The summed E-state index contributed by atoms with van der Waals surface area (Å²) in [5.41, 5.74) is 5.65. The van der Waals surface area contributed by atoms with Gasteiger partial charge in [0.2, 0.25) is 0 Å².